The average Bonchev–Trinajstić information content (AvgIpc) is 2.56. The number of carbonyl (C=O) groups is 2. The Balaban J connectivity index is 1.85. The molecule has 0 radical (unpaired) electrons. The Bertz CT molecular complexity index is 575. The molecule has 1 saturated heterocycles. The molecule has 2 heterocycles. The average molecular weight is 337 g/mol. The molecule has 23 heavy (non-hydrogen) atoms. The Labute approximate surface area is 141 Å². The molecule has 1 aromatic heterocycles. The lowest BCUT2D eigenvalue weighted by atomic mass is 9.97. The number of nitrogens with zero attached hydrogens (tertiary/aromatic N) is 3. The van der Waals surface area contributed by atoms with Gasteiger partial charge >= 0.3 is 5.97 Å². The van der Waals surface area contributed by atoms with Gasteiger partial charge in [0.05, 0.1) is 18.8 Å². The highest BCUT2D eigenvalue weighted by molar-refractivity contribution is 7.99. The van der Waals surface area contributed by atoms with Gasteiger partial charge in [-0.2, -0.15) is 0 Å². The number of amides is 1. The molecule has 2 rings (SSSR count). The molecule has 0 aliphatic carbocycles. The summed E-state index contributed by atoms with van der Waals surface area (Å²) in [6.07, 6.45) is 1.34. The van der Waals surface area contributed by atoms with Crippen LogP contribution < -0.4 is 0 Å². The van der Waals surface area contributed by atoms with E-state index in [-0.39, 0.29) is 17.8 Å². The Kier molecular flexibility index (Phi) is 5.98. The maximum absolute atomic E-state index is 12.3. The lowest BCUT2D eigenvalue weighted by Crippen LogP contribution is -2.41. The fraction of sp³-hybridized carbons (Fsp3) is 0.625. The summed E-state index contributed by atoms with van der Waals surface area (Å²) in [4.78, 5) is 34.4. The van der Waals surface area contributed by atoms with Gasteiger partial charge in [0.15, 0.2) is 5.16 Å². The molecule has 7 heteroatoms. The highest BCUT2D eigenvalue weighted by atomic mass is 32.2. The first-order chi connectivity index (χ1) is 10.9. The van der Waals surface area contributed by atoms with E-state index in [2.05, 4.69) is 9.97 Å². The molecule has 0 saturated carbocycles. The van der Waals surface area contributed by atoms with Crippen LogP contribution >= 0.6 is 11.8 Å². The maximum atomic E-state index is 12.3. The Morgan fingerprint density at radius 2 is 1.74 bits per heavy atom. The van der Waals surface area contributed by atoms with Crippen LogP contribution in [0.2, 0.25) is 0 Å². The number of methoxy groups -OCH3 is 1. The minimum Gasteiger partial charge on any atom is -0.469 e. The summed E-state index contributed by atoms with van der Waals surface area (Å²) in [6.45, 7) is 7.11. The summed E-state index contributed by atoms with van der Waals surface area (Å²) in [5, 5.41) is 0.642. The van der Waals surface area contributed by atoms with E-state index >= 15 is 0 Å². The number of carbonyl (C=O) groups excluding carboxylic acids is 2. The second-order valence-corrected chi connectivity index (χ2v) is 6.71. The third kappa shape index (κ3) is 4.43. The maximum Gasteiger partial charge on any atom is 0.308 e. The predicted octanol–water partition coefficient (Wildman–Crippen LogP) is 1.91. The molecule has 0 aromatic carbocycles. The van der Waals surface area contributed by atoms with Crippen molar-refractivity contribution in [2.75, 3.05) is 26.0 Å². The summed E-state index contributed by atoms with van der Waals surface area (Å²) < 4.78 is 4.76. The normalized spacial score (nSPS) is 15.6. The van der Waals surface area contributed by atoms with E-state index in [0.29, 0.717) is 36.8 Å². The number of rotatable bonds is 4. The lowest BCUT2D eigenvalue weighted by molar-refractivity contribution is -0.148. The summed E-state index contributed by atoms with van der Waals surface area (Å²) in [7, 11) is 1.40. The number of ether oxygens (including phenoxy) is 1. The number of esters is 1. The molecule has 1 aliphatic heterocycles. The Hall–Kier alpha value is -1.63. The zero-order valence-corrected chi connectivity index (χ0v) is 14.9. The van der Waals surface area contributed by atoms with Gasteiger partial charge in [0.25, 0.3) is 0 Å². The van der Waals surface area contributed by atoms with Crippen molar-refractivity contribution in [1.82, 2.24) is 14.9 Å². The highest BCUT2D eigenvalue weighted by Crippen LogP contribution is 2.21. The van der Waals surface area contributed by atoms with Gasteiger partial charge in [-0.05, 0) is 39.2 Å². The van der Waals surface area contributed by atoms with Crippen LogP contribution in [0.5, 0.6) is 0 Å². The zero-order chi connectivity index (χ0) is 17.0. The molecule has 0 N–H and O–H groups in total. The third-order valence-electron chi connectivity index (χ3n) is 4.32. The van der Waals surface area contributed by atoms with Gasteiger partial charge in [0.2, 0.25) is 5.91 Å². The van der Waals surface area contributed by atoms with Gasteiger partial charge in [-0.3, -0.25) is 9.59 Å². The van der Waals surface area contributed by atoms with E-state index < -0.39 is 0 Å². The van der Waals surface area contributed by atoms with E-state index in [1.54, 1.807) is 4.90 Å². The number of hydrogen-bond donors (Lipinski definition) is 0. The first kappa shape index (κ1) is 17.7. The van der Waals surface area contributed by atoms with E-state index in [9.17, 15) is 9.59 Å². The second-order valence-electron chi connectivity index (χ2n) is 5.77. The van der Waals surface area contributed by atoms with Crippen LogP contribution in [0.3, 0.4) is 0 Å². The fourth-order valence-electron chi connectivity index (χ4n) is 2.55. The van der Waals surface area contributed by atoms with Crippen molar-refractivity contribution in [3.8, 4) is 0 Å². The summed E-state index contributed by atoms with van der Waals surface area (Å²) in [5.41, 5.74) is 2.99. The van der Waals surface area contributed by atoms with E-state index in [1.807, 2.05) is 20.8 Å². The molecule has 0 spiro atoms. The summed E-state index contributed by atoms with van der Waals surface area (Å²) >= 11 is 1.37. The molecular formula is C16H23N3O3S. The molecule has 126 valence electrons. The van der Waals surface area contributed by atoms with Gasteiger partial charge in [0.1, 0.15) is 0 Å². The van der Waals surface area contributed by atoms with Gasteiger partial charge in [-0.1, -0.05) is 11.8 Å². The molecule has 1 amide bonds. The van der Waals surface area contributed by atoms with Crippen LogP contribution in [0.1, 0.15) is 29.8 Å². The molecule has 0 unspecified atom stereocenters. The molecular weight excluding hydrogens is 314 g/mol. The Morgan fingerprint density at radius 1 is 1.17 bits per heavy atom. The quantitative estimate of drug-likeness (QED) is 0.475. The van der Waals surface area contributed by atoms with Crippen molar-refractivity contribution in [1.29, 1.82) is 0 Å². The highest BCUT2D eigenvalue weighted by Gasteiger charge is 2.27. The molecule has 1 aliphatic rings. The fourth-order valence-corrected chi connectivity index (χ4v) is 3.39. The van der Waals surface area contributed by atoms with Crippen LogP contribution in [0.15, 0.2) is 5.16 Å². The molecule has 0 bridgehead atoms. The smallest absolute Gasteiger partial charge is 0.308 e. The molecule has 1 fully saturated rings. The van der Waals surface area contributed by atoms with Crippen LogP contribution in [0.25, 0.3) is 0 Å². The van der Waals surface area contributed by atoms with Crippen LogP contribution in [0.4, 0.5) is 0 Å². The number of thioether (sulfide) groups is 1. The number of aromatic nitrogens is 2. The molecule has 6 nitrogen and oxygen atoms in total. The molecule has 0 atom stereocenters. The van der Waals surface area contributed by atoms with Crippen molar-refractivity contribution < 1.29 is 14.3 Å². The number of aryl methyl sites for hydroxylation is 2. The summed E-state index contributed by atoms with van der Waals surface area (Å²) in [5.74, 6) is 0.135. The van der Waals surface area contributed by atoms with Crippen molar-refractivity contribution in [2.24, 2.45) is 5.92 Å². The van der Waals surface area contributed by atoms with Crippen molar-refractivity contribution >= 4 is 23.6 Å². The second kappa shape index (κ2) is 7.77. The van der Waals surface area contributed by atoms with Gasteiger partial charge < -0.3 is 9.64 Å². The zero-order valence-electron chi connectivity index (χ0n) is 14.1. The lowest BCUT2D eigenvalue weighted by Gasteiger charge is -2.30. The van der Waals surface area contributed by atoms with Crippen LogP contribution in [0, 0.1) is 26.7 Å². The number of hydrogen-bond acceptors (Lipinski definition) is 6. The van der Waals surface area contributed by atoms with E-state index in [1.165, 1.54) is 18.9 Å². The SMILES string of the molecule is COC(=O)C1CCN(C(=O)CSc2nc(C)c(C)c(C)n2)CC1. The minimum absolute atomic E-state index is 0.0674. The van der Waals surface area contributed by atoms with Crippen LogP contribution in [-0.4, -0.2) is 52.7 Å². The minimum atomic E-state index is -0.175. The van der Waals surface area contributed by atoms with Gasteiger partial charge in [0, 0.05) is 24.5 Å². The van der Waals surface area contributed by atoms with E-state index in [0.717, 1.165) is 17.0 Å². The molecule has 1 aromatic rings. The number of likely N-dealkylation sites (tertiary alicyclic amines) is 1. The van der Waals surface area contributed by atoms with Gasteiger partial charge in [-0.25, -0.2) is 9.97 Å². The predicted molar refractivity (Wildman–Crippen MR) is 88.3 cm³/mol. The van der Waals surface area contributed by atoms with Crippen molar-refractivity contribution in [3.63, 3.8) is 0 Å². The Morgan fingerprint density at radius 3 is 2.26 bits per heavy atom. The topological polar surface area (TPSA) is 72.4 Å². The van der Waals surface area contributed by atoms with Gasteiger partial charge in [-0.15, -0.1) is 0 Å². The third-order valence-corrected chi connectivity index (χ3v) is 5.15. The first-order valence-corrected chi connectivity index (χ1v) is 8.71. The van der Waals surface area contributed by atoms with Crippen molar-refractivity contribution in [3.05, 3.63) is 17.0 Å². The standard InChI is InChI=1S/C16H23N3O3S/c1-10-11(2)17-16(18-12(10)3)23-9-14(20)19-7-5-13(6-8-19)15(21)22-4/h13H,5-9H2,1-4H3. The van der Waals surface area contributed by atoms with Crippen LogP contribution in [-0.2, 0) is 14.3 Å². The van der Waals surface area contributed by atoms with Crippen molar-refractivity contribution in [2.45, 2.75) is 38.8 Å². The van der Waals surface area contributed by atoms with E-state index in [4.69, 9.17) is 4.74 Å². The monoisotopic (exact) mass is 337 g/mol. The summed E-state index contributed by atoms with van der Waals surface area (Å²) in [6, 6.07) is 0. The largest absolute Gasteiger partial charge is 0.469 e. The first-order valence-electron chi connectivity index (χ1n) is 7.72. The number of piperidine rings is 1.